The van der Waals surface area contributed by atoms with Crippen molar-refractivity contribution in [1.82, 2.24) is 15.1 Å². The highest BCUT2D eigenvalue weighted by molar-refractivity contribution is 7.80. The molecule has 0 amide bonds. The van der Waals surface area contributed by atoms with Crippen LogP contribution < -0.4 is 10.7 Å². The second-order valence-electron chi connectivity index (χ2n) is 3.12. The predicted octanol–water partition coefficient (Wildman–Crippen LogP) is 0.632. The molecule has 1 heterocycles. The number of nitrogens with one attached hydrogen (secondary N) is 2. The first-order valence-corrected chi connectivity index (χ1v) is 5.94. The van der Waals surface area contributed by atoms with E-state index in [1.165, 1.54) is 11.5 Å². The zero-order valence-corrected chi connectivity index (χ0v) is 10.8. The maximum Gasteiger partial charge on any atom is 0.187 e. The Morgan fingerprint density at radius 1 is 1.69 bits per heavy atom. The number of aryl methyl sites for hydroxylation is 1. The van der Waals surface area contributed by atoms with Gasteiger partial charge in [0.1, 0.15) is 0 Å². The van der Waals surface area contributed by atoms with Crippen molar-refractivity contribution in [1.29, 1.82) is 0 Å². The molecule has 0 radical (unpaired) electrons. The van der Waals surface area contributed by atoms with E-state index in [0.29, 0.717) is 11.7 Å². The third-order valence-electron chi connectivity index (χ3n) is 1.71. The molecule has 3 N–H and O–H groups in total. The van der Waals surface area contributed by atoms with Gasteiger partial charge in [0.2, 0.25) is 0 Å². The van der Waals surface area contributed by atoms with Crippen molar-refractivity contribution in [2.45, 2.75) is 13.8 Å². The molecule has 7 heteroatoms. The molecule has 5 nitrogen and oxygen atoms in total. The Labute approximate surface area is 104 Å². The number of hydrogen-bond acceptors (Lipinski definition) is 5. The van der Waals surface area contributed by atoms with Crippen LogP contribution in [0.3, 0.4) is 0 Å². The summed E-state index contributed by atoms with van der Waals surface area (Å²) in [5.74, 6) is 0. The minimum Gasteiger partial charge on any atom is -0.395 e. The Balaban J connectivity index is 2.48. The van der Waals surface area contributed by atoms with Crippen LogP contribution >= 0.6 is 23.8 Å². The fourth-order valence-corrected chi connectivity index (χ4v) is 1.78. The molecule has 0 aliphatic rings. The van der Waals surface area contributed by atoms with Crippen LogP contribution in [0.15, 0.2) is 11.2 Å². The molecule has 0 aliphatic carbocycles. The molecule has 16 heavy (non-hydrogen) atoms. The summed E-state index contributed by atoms with van der Waals surface area (Å²) in [4.78, 5) is 1.01. The molecular formula is C9H14N4OS2. The maximum absolute atomic E-state index is 8.58. The number of rotatable bonds is 4. The van der Waals surface area contributed by atoms with Crippen LogP contribution in [0.2, 0.25) is 0 Å². The number of nitrogens with zero attached hydrogens (tertiary/aromatic N) is 2. The number of aromatic nitrogens is 1. The lowest BCUT2D eigenvalue weighted by Crippen LogP contribution is -2.34. The predicted molar refractivity (Wildman–Crippen MR) is 69.9 cm³/mol. The standard InChI is InChI=1S/C9H14N4OS2/c1-6-5-8(16-13-6)7(2)11-12-9(15)10-3-4-14/h5,14H,3-4H2,1-2H3,(H2,10,12,15)/b11-7+. The van der Waals surface area contributed by atoms with Crippen LogP contribution in [0.4, 0.5) is 0 Å². The number of hydrazone groups is 1. The van der Waals surface area contributed by atoms with E-state index in [1.807, 2.05) is 19.9 Å². The normalized spacial score (nSPS) is 11.3. The lowest BCUT2D eigenvalue weighted by atomic mass is 10.3. The molecule has 0 aliphatic heterocycles. The van der Waals surface area contributed by atoms with Gasteiger partial charge in [-0.1, -0.05) is 0 Å². The molecule has 0 aromatic carbocycles. The Morgan fingerprint density at radius 2 is 2.44 bits per heavy atom. The fourth-order valence-electron chi connectivity index (χ4n) is 0.933. The monoisotopic (exact) mass is 258 g/mol. The highest BCUT2D eigenvalue weighted by atomic mass is 32.1. The molecule has 88 valence electrons. The van der Waals surface area contributed by atoms with Gasteiger partial charge in [0, 0.05) is 6.54 Å². The number of aliphatic hydroxyl groups is 1. The van der Waals surface area contributed by atoms with Gasteiger partial charge < -0.3 is 10.4 Å². The smallest absolute Gasteiger partial charge is 0.187 e. The Morgan fingerprint density at radius 3 is 3.00 bits per heavy atom. The average Bonchev–Trinajstić information content (AvgIpc) is 2.69. The van der Waals surface area contributed by atoms with Gasteiger partial charge >= 0.3 is 0 Å². The third kappa shape index (κ3) is 4.21. The van der Waals surface area contributed by atoms with Crippen LogP contribution in [-0.2, 0) is 0 Å². The summed E-state index contributed by atoms with van der Waals surface area (Å²) in [6.45, 7) is 4.28. The van der Waals surface area contributed by atoms with E-state index in [-0.39, 0.29) is 6.61 Å². The van der Waals surface area contributed by atoms with Crippen LogP contribution in [0.1, 0.15) is 17.5 Å². The van der Waals surface area contributed by atoms with E-state index in [2.05, 4.69) is 20.2 Å². The summed E-state index contributed by atoms with van der Waals surface area (Å²) in [5, 5.41) is 15.9. The molecule has 0 unspecified atom stereocenters. The summed E-state index contributed by atoms with van der Waals surface area (Å²) >= 11 is 6.34. The first-order chi connectivity index (χ1) is 7.63. The van der Waals surface area contributed by atoms with Crippen LogP contribution in [0.5, 0.6) is 0 Å². The molecule has 0 fully saturated rings. The van der Waals surface area contributed by atoms with Crippen LogP contribution in [0, 0.1) is 6.92 Å². The van der Waals surface area contributed by atoms with Crippen molar-refractivity contribution < 1.29 is 5.11 Å². The zero-order chi connectivity index (χ0) is 12.0. The maximum atomic E-state index is 8.58. The van der Waals surface area contributed by atoms with E-state index >= 15 is 0 Å². The van der Waals surface area contributed by atoms with E-state index < -0.39 is 0 Å². The average molecular weight is 258 g/mol. The van der Waals surface area contributed by atoms with E-state index in [4.69, 9.17) is 17.3 Å². The van der Waals surface area contributed by atoms with Gasteiger partial charge in [0.05, 0.1) is 22.9 Å². The second-order valence-corrected chi connectivity index (χ2v) is 4.33. The summed E-state index contributed by atoms with van der Waals surface area (Å²) < 4.78 is 4.17. The minimum atomic E-state index is 0.0402. The first kappa shape index (κ1) is 13.0. The molecule has 0 saturated heterocycles. The summed E-state index contributed by atoms with van der Waals surface area (Å²) in [5.41, 5.74) is 4.52. The SMILES string of the molecule is C/C(=N\NC(=S)NCCO)c1cc(C)ns1. The van der Waals surface area contributed by atoms with Crippen molar-refractivity contribution in [2.24, 2.45) is 5.10 Å². The van der Waals surface area contributed by atoms with Crippen molar-refractivity contribution in [3.05, 3.63) is 16.6 Å². The van der Waals surface area contributed by atoms with Gasteiger partial charge in [0.15, 0.2) is 5.11 Å². The van der Waals surface area contributed by atoms with E-state index in [1.54, 1.807) is 0 Å². The Hall–Kier alpha value is -1.05. The lowest BCUT2D eigenvalue weighted by molar-refractivity contribution is 0.300. The molecule has 1 rings (SSSR count). The third-order valence-corrected chi connectivity index (χ3v) is 2.93. The first-order valence-electron chi connectivity index (χ1n) is 4.76. The second kappa shape index (κ2) is 6.51. The van der Waals surface area contributed by atoms with Gasteiger partial charge in [-0.25, -0.2) is 0 Å². The highest BCUT2D eigenvalue weighted by Crippen LogP contribution is 2.09. The molecule has 0 saturated carbocycles. The van der Waals surface area contributed by atoms with Gasteiger partial charge in [-0.15, -0.1) is 0 Å². The Kier molecular flexibility index (Phi) is 5.30. The summed E-state index contributed by atoms with van der Waals surface area (Å²) in [6, 6.07) is 1.97. The van der Waals surface area contributed by atoms with Crippen molar-refractivity contribution in [2.75, 3.05) is 13.2 Å². The minimum absolute atomic E-state index is 0.0402. The van der Waals surface area contributed by atoms with Crippen molar-refractivity contribution in [3.8, 4) is 0 Å². The van der Waals surface area contributed by atoms with Gasteiger partial charge in [0.25, 0.3) is 0 Å². The topological polar surface area (TPSA) is 69.5 Å². The van der Waals surface area contributed by atoms with Gasteiger partial charge in [-0.05, 0) is 43.7 Å². The summed E-state index contributed by atoms with van der Waals surface area (Å²) in [7, 11) is 0. The van der Waals surface area contributed by atoms with Gasteiger partial charge in [-0.3, -0.25) is 5.43 Å². The summed E-state index contributed by atoms with van der Waals surface area (Å²) in [6.07, 6.45) is 0. The van der Waals surface area contributed by atoms with Gasteiger partial charge in [-0.2, -0.15) is 9.47 Å². The zero-order valence-electron chi connectivity index (χ0n) is 9.15. The quantitative estimate of drug-likeness (QED) is 0.420. The molecule has 0 spiro atoms. The molecule has 1 aromatic rings. The number of hydrogen-bond donors (Lipinski definition) is 3. The molecule has 0 bridgehead atoms. The molecule has 0 atom stereocenters. The molecule has 1 aromatic heterocycles. The van der Waals surface area contributed by atoms with E-state index in [0.717, 1.165) is 16.3 Å². The number of aliphatic hydroxyl groups excluding tert-OH is 1. The highest BCUT2D eigenvalue weighted by Gasteiger charge is 2.02. The van der Waals surface area contributed by atoms with Crippen LogP contribution in [-0.4, -0.2) is 33.5 Å². The van der Waals surface area contributed by atoms with Crippen LogP contribution in [0.25, 0.3) is 0 Å². The van der Waals surface area contributed by atoms with E-state index in [9.17, 15) is 0 Å². The fraction of sp³-hybridized carbons (Fsp3) is 0.444. The number of thiocarbonyl (C=S) groups is 1. The Bertz CT molecular complexity index is 389. The largest absolute Gasteiger partial charge is 0.395 e. The van der Waals surface area contributed by atoms with Crippen molar-refractivity contribution >= 4 is 34.6 Å². The molecular weight excluding hydrogens is 244 g/mol. The lowest BCUT2D eigenvalue weighted by Gasteiger charge is -2.05. The van der Waals surface area contributed by atoms with Crippen molar-refractivity contribution in [3.63, 3.8) is 0 Å².